The van der Waals surface area contributed by atoms with E-state index in [0.717, 1.165) is 5.56 Å². The van der Waals surface area contributed by atoms with Crippen LogP contribution in [0, 0.1) is 0 Å². The van der Waals surface area contributed by atoms with Crippen LogP contribution in [-0.4, -0.2) is 21.3 Å². The van der Waals surface area contributed by atoms with E-state index in [0.29, 0.717) is 11.3 Å². The molecule has 5 heteroatoms. The molecule has 1 aromatic carbocycles. The molecule has 2 rings (SSSR count). The summed E-state index contributed by atoms with van der Waals surface area (Å²) in [6, 6.07) is 8.39. The Hall–Kier alpha value is -2.14. The first kappa shape index (κ1) is 11.3. The van der Waals surface area contributed by atoms with Crippen LogP contribution in [0.1, 0.15) is 29.1 Å². The van der Waals surface area contributed by atoms with E-state index in [1.54, 1.807) is 31.2 Å². The Bertz CT molecular complexity index is 545. The highest BCUT2D eigenvalue weighted by molar-refractivity contribution is 5.86. The molecule has 88 valence electrons. The first-order valence-electron chi connectivity index (χ1n) is 5.06. The van der Waals surface area contributed by atoms with Gasteiger partial charge in [-0.25, -0.2) is 4.79 Å². The summed E-state index contributed by atoms with van der Waals surface area (Å²) in [4.78, 5) is 10.7. The van der Waals surface area contributed by atoms with E-state index in [9.17, 15) is 9.90 Å². The van der Waals surface area contributed by atoms with Crippen LogP contribution >= 0.6 is 0 Å². The predicted molar refractivity (Wildman–Crippen MR) is 59.5 cm³/mol. The van der Waals surface area contributed by atoms with E-state index in [-0.39, 0.29) is 5.69 Å². The fraction of sp³-hybridized carbons (Fsp3) is 0.167. The van der Waals surface area contributed by atoms with Crippen molar-refractivity contribution >= 4 is 5.97 Å². The number of carbonyl (C=O) groups is 1. The number of aliphatic hydroxyl groups excluding tert-OH is 1. The van der Waals surface area contributed by atoms with Crippen LogP contribution in [0.4, 0.5) is 0 Å². The van der Waals surface area contributed by atoms with Gasteiger partial charge in [-0.3, -0.25) is 0 Å². The number of nitrogens with zero attached hydrogens (tertiary/aromatic N) is 1. The minimum atomic E-state index is -1.13. The van der Waals surface area contributed by atoms with Crippen molar-refractivity contribution in [2.75, 3.05) is 0 Å². The standard InChI is InChI=1S/C12H11NO4/c1-7(14)8-3-2-4-9(5-8)11-6-10(12(15)16)13-17-11/h2-7,14H,1H3,(H,15,16). The molecule has 2 aromatic rings. The molecule has 1 atom stereocenters. The molecule has 0 saturated carbocycles. The summed E-state index contributed by atoms with van der Waals surface area (Å²) < 4.78 is 4.93. The zero-order valence-corrected chi connectivity index (χ0v) is 9.12. The van der Waals surface area contributed by atoms with Crippen LogP contribution in [-0.2, 0) is 0 Å². The Kier molecular flexibility index (Phi) is 2.93. The van der Waals surface area contributed by atoms with Gasteiger partial charge in [0.25, 0.3) is 0 Å². The minimum absolute atomic E-state index is 0.137. The third-order valence-corrected chi connectivity index (χ3v) is 2.38. The van der Waals surface area contributed by atoms with Crippen molar-refractivity contribution in [3.05, 3.63) is 41.6 Å². The Labute approximate surface area is 97.3 Å². The molecule has 0 aliphatic carbocycles. The number of hydrogen-bond donors (Lipinski definition) is 2. The average molecular weight is 233 g/mol. The van der Waals surface area contributed by atoms with Crippen LogP contribution in [0.25, 0.3) is 11.3 Å². The number of aliphatic hydroxyl groups is 1. The third-order valence-electron chi connectivity index (χ3n) is 2.38. The second-order valence-corrected chi connectivity index (χ2v) is 3.68. The van der Waals surface area contributed by atoms with Gasteiger partial charge in [0.1, 0.15) is 0 Å². The largest absolute Gasteiger partial charge is 0.476 e. The number of aromatic carboxylic acids is 1. The Morgan fingerprint density at radius 3 is 2.76 bits per heavy atom. The van der Waals surface area contributed by atoms with Crippen LogP contribution in [0.3, 0.4) is 0 Å². The molecule has 0 saturated heterocycles. The zero-order chi connectivity index (χ0) is 12.4. The van der Waals surface area contributed by atoms with E-state index >= 15 is 0 Å². The molecule has 0 spiro atoms. The molecule has 0 fully saturated rings. The normalized spacial score (nSPS) is 12.4. The summed E-state index contributed by atoms with van der Waals surface area (Å²) in [6.45, 7) is 1.65. The second-order valence-electron chi connectivity index (χ2n) is 3.68. The molecule has 0 aliphatic rings. The van der Waals surface area contributed by atoms with Gasteiger partial charge in [-0.15, -0.1) is 0 Å². The molecule has 1 unspecified atom stereocenters. The first-order chi connectivity index (χ1) is 8.08. The summed E-state index contributed by atoms with van der Waals surface area (Å²) in [5.74, 6) is -0.767. The molecular weight excluding hydrogens is 222 g/mol. The molecule has 17 heavy (non-hydrogen) atoms. The van der Waals surface area contributed by atoms with Gasteiger partial charge in [0, 0.05) is 11.6 Å². The number of aromatic nitrogens is 1. The molecule has 0 radical (unpaired) electrons. The van der Waals surface area contributed by atoms with Gasteiger partial charge in [-0.05, 0) is 18.6 Å². The Morgan fingerprint density at radius 1 is 1.41 bits per heavy atom. The fourth-order valence-corrected chi connectivity index (χ4v) is 1.46. The van der Waals surface area contributed by atoms with Gasteiger partial charge in [0.05, 0.1) is 6.10 Å². The average Bonchev–Trinajstić information content (AvgIpc) is 2.78. The van der Waals surface area contributed by atoms with E-state index in [1.807, 2.05) is 0 Å². The summed E-state index contributed by atoms with van der Waals surface area (Å²) >= 11 is 0. The number of benzene rings is 1. The van der Waals surface area contributed by atoms with Crippen molar-refractivity contribution in [3.63, 3.8) is 0 Å². The van der Waals surface area contributed by atoms with Gasteiger partial charge < -0.3 is 14.7 Å². The molecule has 1 aromatic heterocycles. The summed E-state index contributed by atoms with van der Waals surface area (Å²) in [5.41, 5.74) is 1.28. The molecule has 5 nitrogen and oxygen atoms in total. The van der Waals surface area contributed by atoms with E-state index < -0.39 is 12.1 Å². The van der Waals surface area contributed by atoms with Crippen LogP contribution < -0.4 is 0 Å². The number of rotatable bonds is 3. The van der Waals surface area contributed by atoms with Crippen molar-refractivity contribution in [2.45, 2.75) is 13.0 Å². The fourth-order valence-electron chi connectivity index (χ4n) is 1.46. The topological polar surface area (TPSA) is 83.6 Å². The summed E-state index contributed by atoms with van der Waals surface area (Å²) in [5, 5.41) is 21.6. The predicted octanol–water partition coefficient (Wildman–Crippen LogP) is 2.09. The van der Waals surface area contributed by atoms with Crippen molar-refractivity contribution < 1.29 is 19.5 Å². The summed E-state index contributed by atoms with van der Waals surface area (Å²) in [7, 11) is 0. The van der Waals surface area contributed by atoms with Crippen LogP contribution in [0.2, 0.25) is 0 Å². The smallest absolute Gasteiger partial charge is 0.358 e. The Balaban J connectivity index is 2.38. The lowest BCUT2D eigenvalue weighted by Crippen LogP contribution is -1.94. The third kappa shape index (κ3) is 2.34. The highest BCUT2D eigenvalue weighted by Crippen LogP contribution is 2.23. The first-order valence-corrected chi connectivity index (χ1v) is 5.06. The second kappa shape index (κ2) is 4.39. The van der Waals surface area contributed by atoms with E-state index in [4.69, 9.17) is 9.63 Å². The quantitative estimate of drug-likeness (QED) is 0.848. The molecule has 0 amide bonds. The molecular formula is C12H11NO4. The number of hydrogen-bond acceptors (Lipinski definition) is 4. The van der Waals surface area contributed by atoms with E-state index in [1.165, 1.54) is 6.07 Å². The van der Waals surface area contributed by atoms with Gasteiger partial charge in [0.15, 0.2) is 11.5 Å². The van der Waals surface area contributed by atoms with E-state index in [2.05, 4.69) is 5.16 Å². The SMILES string of the molecule is CC(O)c1cccc(-c2cc(C(=O)O)no2)c1. The maximum Gasteiger partial charge on any atom is 0.358 e. The maximum atomic E-state index is 10.7. The van der Waals surface area contributed by atoms with Crippen molar-refractivity contribution in [1.82, 2.24) is 5.16 Å². The van der Waals surface area contributed by atoms with Crippen molar-refractivity contribution in [1.29, 1.82) is 0 Å². The molecule has 0 bridgehead atoms. The lowest BCUT2D eigenvalue weighted by atomic mass is 10.1. The minimum Gasteiger partial charge on any atom is -0.476 e. The lowest BCUT2D eigenvalue weighted by Gasteiger charge is -2.05. The van der Waals surface area contributed by atoms with Crippen LogP contribution in [0.15, 0.2) is 34.9 Å². The van der Waals surface area contributed by atoms with Gasteiger partial charge in [0.2, 0.25) is 0 Å². The van der Waals surface area contributed by atoms with Crippen LogP contribution in [0.5, 0.6) is 0 Å². The monoisotopic (exact) mass is 233 g/mol. The van der Waals surface area contributed by atoms with Gasteiger partial charge in [-0.1, -0.05) is 23.4 Å². The molecule has 1 heterocycles. The summed E-state index contributed by atoms with van der Waals surface area (Å²) in [6.07, 6.45) is -0.586. The van der Waals surface area contributed by atoms with Gasteiger partial charge in [-0.2, -0.15) is 0 Å². The number of carboxylic acids is 1. The van der Waals surface area contributed by atoms with Crippen molar-refractivity contribution in [2.24, 2.45) is 0 Å². The lowest BCUT2D eigenvalue weighted by molar-refractivity contribution is 0.0686. The maximum absolute atomic E-state index is 10.7. The molecule has 0 aliphatic heterocycles. The Morgan fingerprint density at radius 2 is 2.18 bits per heavy atom. The van der Waals surface area contributed by atoms with Gasteiger partial charge >= 0.3 is 5.97 Å². The molecule has 2 N–H and O–H groups in total. The van der Waals surface area contributed by atoms with Crippen molar-refractivity contribution in [3.8, 4) is 11.3 Å². The highest BCUT2D eigenvalue weighted by atomic mass is 16.5. The highest BCUT2D eigenvalue weighted by Gasteiger charge is 2.12. The number of carboxylic acid groups (broad SMARTS) is 1. The zero-order valence-electron chi connectivity index (χ0n) is 9.12.